The number of para-hydroxylation sites is 2. The molecule has 0 unspecified atom stereocenters. The Labute approximate surface area is 148 Å². The quantitative estimate of drug-likeness (QED) is 0.405. The van der Waals surface area contributed by atoms with E-state index in [1.807, 2.05) is 64.1 Å². The Morgan fingerprint density at radius 3 is 1.00 bits per heavy atom. The van der Waals surface area contributed by atoms with Crippen molar-refractivity contribution >= 4 is 39.8 Å². The molecule has 4 N–H and O–H groups in total. The molecule has 2 aromatic rings. The molecule has 0 amide bonds. The van der Waals surface area contributed by atoms with E-state index in [2.05, 4.69) is 28.5 Å². The van der Waals surface area contributed by atoms with Crippen molar-refractivity contribution in [2.45, 2.75) is 27.7 Å². The van der Waals surface area contributed by atoms with Crippen LogP contribution in [0.15, 0.2) is 36.4 Å². The number of aryl methyl sites for hydroxylation is 4. The maximum absolute atomic E-state index is 5.68. The molecule has 0 aliphatic rings. The number of rotatable bonds is 0. The summed E-state index contributed by atoms with van der Waals surface area (Å²) < 4.78 is 0. The second-order valence-corrected chi connectivity index (χ2v) is 9.64. The van der Waals surface area contributed by atoms with E-state index in [1.165, 1.54) is 10.9 Å². The van der Waals surface area contributed by atoms with Gasteiger partial charge in [0.25, 0.3) is 0 Å². The van der Waals surface area contributed by atoms with Gasteiger partial charge in [0.15, 0.2) is 0 Å². The van der Waals surface area contributed by atoms with E-state index in [0.717, 1.165) is 33.6 Å². The van der Waals surface area contributed by atoms with Crippen molar-refractivity contribution in [3.8, 4) is 0 Å². The second kappa shape index (κ2) is 11.1. The average Bonchev–Trinajstić information content (AvgIpc) is 2.44. The topological polar surface area (TPSA) is 52.0 Å². The molecule has 0 aliphatic carbocycles. The Bertz CT molecular complexity index is 470. The molecule has 0 atom stereocenters. The monoisotopic (exact) mass is 458 g/mol. The minimum absolute atomic E-state index is 0.914. The first-order chi connectivity index (χ1) is 9.84. The van der Waals surface area contributed by atoms with E-state index >= 15 is 0 Å². The molecule has 2 aromatic carbocycles. The summed E-state index contributed by atoms with van der Waals surface area (Å²) >= 11 is 6.00. The van der Waals surface area contributed by atoms with Gasteiger partial charge in [-0.25, -0.2) is 0 Å². The van der Waals surface area contributed by atoms with Crippen LogP contribution in [0.2, 0.25) is 0 Å². The van der Waals surface area contributed by atoms with Gasteiger partial charge < -0.3 is 11.5 Å². The van der Waals surface area contributed by atoms with Crippen molar-refractivity contribution in [2.75, 3.05) is 11.5 Å². The van der Waals surface area contributed by atoms with Crippen LogP contribution < -0.4 is 11.5 Å². The molecule has 2 nitrogen and oxygen atoms in total. The molecule has 0 fully saturated rings. The Morgan fingerprint density at radius 2 is 0.857 bits per heavy atom. The number of anilines is 2. The standard InChI is InChI=1S/2C8H11N.2BrH.Ni/c2*1-6-4-3-5-7(2)8(6)9;;;/h2*3-5H,9H2,1-2H3;2*1H;/q;;;;+2/p-2. The molecule has 0 aliphatic heterocycles. The van der Waals surface area contributed by atoms with Crippen LogP contribution in [-0.2, 0) is 10.9 Å². The van der Waals surface area contributed by atoms with E-state index in [4.69, 9.17) is 11.5 Å². The van der Waals surface area contributed by atoms with Crippen molar-refractivity contribution in [1.29, 1.82) is 0 Å². The summed E-state index contributed by atoms with van der Waals surface area (Å²) in [5.41, 5.74) is 17.8. The first-order valence-electron chi connectivity index (χ1n) is 6.30. The van der Waals surface area contributed by atoms with E-state index in [0.29, 0.717) is 0 Å². The molecule has 0 heterocycles. The van der Waals surface area contributed by atoms with Crippen LogP contribution in [0.25, 0.3) is 0 Å². The Morgan fingerprint density at radius 1 is 0.667 bits per heavy atom. The van der Waals surface area contributed by atoms with Crippen LogP contribution in [0.1, 0.15) is 22.3 Å². The number of nitrogen functional groups attached to an aromatic ring is 2. The molecule has 5 heteroatoms. The van der Waals surface area contributed by atoms with Gasteiger partial charge in [0.2, 0.25) is 0 Å². The van der Waals surface area contributed by atoms with Gasteiger partial charge in [-0.05, 0) is 49.9 Å². The van der Waals surface area contributed by atoms with Crippen molar-refractivity contribution in [3.63, 3.8) is 0 Å². The maximum atomic E-state index is 5.68. The summed E-state index contributed by atoms with van der Waals surface area (Å²) in [5.74, 6) is 0. The fraction of sp³-hybridized carbons (Fsp3) is 0.250. The van der Waals surface area contributed by atoms with Gasteiger partial charge >= 0.3 is 39.3 Å². The third-order valence-electron chi connectivity index (χ3n) is 3.08. The van der Waals surface area contributed by atoms with Crippen molar-refractivity contribution in [2.24, 2.45) is 0 Å². The zero-order valence-corrected chi connectivity index (χ0v) is 16.9. The van der Waals surface area contributed by atoms with Gasteiger partial charge in [0.05, 0.1) is 0 Å². The fourth-order valence-corrected chi connectivity index (χ4v) is 1.65. The molecule has 0 saturated carbocycles. The summed E-state index contributed by atoms with van der Waals surface area (Å²) in [4.78, 5) is 0. The van der Waals surface area contributed by atoms with Crippen LogP contribution in [0.5, 0.6) is 0 Å². The summed E-state index contributed by atoms with van der Waals surface area (Å²) in [5, 5.41) is 0. The first kappa shape index (κ1) is 20.5. The van der Waals surface area contributed by atoms with Gasteiger partial charge in [-0.1, -0.05) is 36.4 Å². The van der Waals surface area contributed by atoms with Crippen LogP contribution in [0.3, 0.4) is 0 Å². The normalized spacial score (nSPS) is 9.24. The van der Waals surface area contributed by atoms with Gasteiger partial charge in [-0.2, -0.15) is 0 Å². The zero-order chi connectivity index (χ0) is 16.4. The summed E-state index contributed by atoms with van der Waals surface area (Å²) in [6.45, 7) is 8.06. The summed E-state index contributed by atoms with van der Waals surface area (Å²) in [6.07, 6.45) is 0. The van der Waals surface area contributed by atoms with E-state index < -0.39 is 0 Å². The van der Waals surface area contributed by atoms with Gasteiger partial charge in [-0.15, -0.1) is 0 Å². The van der Waals surface area contributed by atoms with Crippen LogP contribution >= 0.6 is 28.5 Å². The van der Waals surface area contributed by atoms with Crippen molar-refractivity contribution in [1.82, 2.24) is 0 Å². The molecule has 2 rings (SSSR count). The third kappa shape index (κ3) is 7.89. The predicted molar refractivity (Wildman–Crippen MR) is 98.5 cm³/mol. The first-order valence-corrected chi connectivity index (χ1v) is 11.2. The number of hydrogen-bond donors (Lipinski definition) is 2. The van der Waals surface area contributed by atoms with E-state index in [1.54, 1.807) is 0 Å². The minimum atomic E-state index is 0.914. The Kier molecular flexibility index (Phi) is 10.8. The second-order valence-electron chi connectivity index (χ2n) is 4.66. The SMILES string of the molecule is Cc1cccc(C)c1N.Cc1cccc(C)c1N.[Br][Ni][Br]. The number of nitrogens with two attached hydrogens (primary N) is 2. The van der Waals surface area contributed by atoms with Crippen molar-refractivity contribution in [3.05, 3.63) is 58.7 Å². The fourth-order valence-electron chi connectivity index (χ4n) is 1.65. The predicted octanol–water partition coefficient (Wildman–Crippen LogP) is 5.46. The molecule has 0 aromatic heterocycles. The molecule has 21 heavy (non-hydrogen) atoms. The summed E-state index contributed by atoms with van der Waals surface area (Å²) in [6, 6.07) is 12.1. The van der Waals surface area contributed by atoms with E-state index in [9.17, 15) is 0 Å². The van der Waals surface area contributed by atoms with Crippen molar-refractivity contribution < 1.29 is 10.9 Å². The molecule has 0 spiro atoms. The Hall–Kier alpha value is -0.506. The molecule has 0 radical (unpaired) electrons. The van der Waals surface area contributed by atoms with E-state index in [-0.39, 0.29) is 0 Å². The molecule has 120 valence electrons. The number of hydrogen-bond acceptors (Lipinski definition) is 2. The van der Waals surface area contributed by atoms with Gasteiger partial charge in [0, 0.05) is 11.4 Å². The van der Waals surface area contributed by atoms with Gasteiger partial charge in [0.1, 0.15) is 0 Å². The zero-order valence-electron chi connectivity index (χ0n) is 12.7. The van der Waals surface area contributed by atoms with Crippen LogP contribution in [-0.4, -0.2) is 0 Å². The number of halogens is 2. The van der Waals surface area contributed by atoms with Crippen LogP contribution in [0, 0.1) is 27.7 Å². The van der Waals surface area contributed by atoms with Gasteiger partial charge in [-0.3, -0.25) is 0 Å². The molecular weight excluding hydrogens is 439 g/mol. The molecule has 0 bridgehead atoms. The third-order valence-corrected chi connectivity index (χ3v) is 3.08. The average molecular weight is 461 g/mol. The molecule has 0 saturated heterocycles. The summed E-state index contributed by atoms with van der Waals surface area (Å²) in [7, 11) is 1.25. The Balaban J connectivity index is 0.000000322. The van der Waals surface area contributed by atoms with Crippen LogP contribution in [0.4, 0.5) is 11.4 Å². The number of benzene rings is 2. The molecular formula is C16H22Br2N2Ni.